The van der Waals surface area contributed by atoms with Crippen molar-refractivity contribution in [3.63, 3.8) is 0 Å². The van der Waals surface area contributed by atoms with Gasteiger partial charge in [-0.1, -0.05) is 0 Å². The van der Waals surface area contributed by atoms with Crippen LogP contribution < -0.4 is 10.1 Å². The second-order valence-electron chi connectivity index (χ2n) is 3.67. The van der Waals surface area contributed by atoms with Crippen LogP contribution in [0.15, 0.2) is 24.3 Å². The fourth-order valence-corrected chi connectivity index (χ4v) is 1.44. The minimum atomic E-state index is -0.445. The van der Waals surface area contributed by atoms with Crippen LogP contribution in [0.2, 0.25) is 0 Å². The van der Waals surface area contributed by atoms with Crippen molar-refractivity contribution in [3.8, 4) is 5.88 Å². The summed E-state index contributed by atoms with van der Waals surface area (Å²) in [5, 5.41) is 3.35. The third-order valence-corrected chi connectivity index (χ3v) is 2.08. The molecule has 0 spiro atoms. The van der Waals surface area contributed by atoms with Crippen LogP contribution in [0.1, 0.15) is 13.8 Å². The Labute approximate surface area is 103 Å². The smallest absolute Gasteiger partial charge is 0.309 e. The predicted molar refractivity (Wildman–Crippen MR) is 65.2 cm³/mol. The number of ether oxygens (including phenoxy) is 1. The van der Waals surface area contributed by atoms with Crippen molar-refractivity contribution < 1.29 is 14.3 Å². The van der Waals surface area contributed by atoms with E-state index in [1.54, 1.807) is 24.3 Å². The molecule has 6 nitrogen and oxygen atoms in total. The maximum atomic E-state index is 10.9. The number of anilines is 1. The number of hydrogen-bond donors (Lipinski definition) is 1. The number of hydrogen-bond acceptors (Lipinski definition) is 5. The van der Waals surface area contributed by atoms with Crippen molar-refractivity contribution in [3.05, 3.63) is 24.3 Å². The highest BCUT2D eigenvalue weighted by Crippen LogP contribution is 2.17. The van der Waals surface area contributed by atoms with E-state index < -0.39 is 5.97 Å². The van der Waals surface area contributed by atoms with E-state index in [4.69, 9.17) is 4.74 Å². The van der Waals surface area contributed by atoms with E-state index in [0.29, 0.717) is 11.5 Å². The third-order valence-electron chi connectivity index (χ3n) is 2.08. The van der Waals surface area contributed by atoms with Crippen LogP contribution in [0.3, 0.4) is 0 Å². The van der Waals surface area contributed by atoms with Crippen LogP contribution in [0.5, 0.6) is 5.88 Å². The van der Waals surface area contributed by atoms with Gasteiger partial charge in [0.05, 0.1) is 0 Å². The molecule has 1 N–H and O–H groups in total. The molecule has 18 heavy (non-hydrogen) atoms. The second kappa shape index (κ2) is 4.79. The minimum Gasteiger partial charge on any atom is -0.408 e. The van der Waals surface area contributed by atoms with Gasteiger partial charge in [-0.25, -0.2) is 4.98 Å². The standard InChI is InChI=1S/C12H11N3O3/c1-7(16)13-10-5-3-9-4-6-11(18-8(2)17)15-12(9)14-10/h3-6H,1-2H3,(H,13,14,15,16). The van der Waals surface area contributed by atoms with Crippen LogP contribution in [0.25, 0.3) is 11.0 Å². The Balaban J connectivity index is 2.39. The van der Waals surface area contributed by atoms with Gasteiger partial charge in [0, 0.05) is 25.3 Å². The molecule has 2 aromatic rings. The Morgan fingerprint density at radius 1 is 1.11 bits per heavy atom. The lowest BCUT2D eigenvalue weighted by atomic mass is 10.3. The summed E-state index contributed by atoms with van der Waals surface area (Å²) in [6, 6.07) is 6.78. The summed E-state index contributed by atoms with van der Waals surface area (Å²) in [7, 11) is 0. The van der Waals surface area contributed by atoms with Gasteiger partial charge in [-0.05, 0) is 18.2 Å². The summed E-state index contributed by atoms with van der Waals surface area (Å²) in [5.41, 5.74) is 0.403. The molecule has 2 rings (SSSR count). The zero-order chi connectivity index (χ0) is 13.1. The van der Waals surface area contributed by atoms with Crippen molar-refractivity contribution >= 4 is 28.7 Å². The van der Waals surface area contributed by atoms with Crippen LogP contribution >= 0.6 is 0 Å². The van der Waals surface area contributed by atoms with Gasteiger partial charge >= 0.3 is 5.97 Å². The Bertz CT molecular complexity index is 574. The van der Waals surface area contributed by atoms with Crippen molar-refractivity contribution in [1.82, 2.24) is 9.97 Å². The van der Waals surface area contributed by atoms with Gasteiger partial charge in [0.25, 0.3) is 0 Å². The Kier molecular flexibility index (Phi) is 3.18. The van der Waals surface area contributed by atoms with E-state index in [9.17, 15) is 9.59 Å². The van der Waals surface area contributed by atoms with E-state index in [0.717, 1.165) is 5.39 Å². The molecule has 0 fully saturated rings. The fraction of sp³-hybridized carbons (Fsp3) is 0.167. The number of nitrogens with zero attached hydrogens (tertiary/aromatic N) is 2. The number of esters is 1. The van der Waals surface area contributed by atoms with Crippen LogP contribution in [-0.4, -0.2) is 21.8 Å². The number of carbonyl (C=O) groups is 2. The highest BCUT2D eigenvalue weighted by Gasteiger charge is 2.04. The summed E-state index contributed by atoms with van der Waals surface area (Å²) in [4.78, 5) is 30.0. The molecular formula is C12H11N3O3. The number of nitrogens with one attached hydrogen (secondary N) is 1. The molecule has 0 saturated heterocycles. The van der Waals surface area contributed by atoms with Crippen molar-refractivity contribution in [2.24, 2.45) is 0 Å². The lowest BCUT2D eigenvalue weighted by molar-refractivity contribution is -0.132. The molecule has 1 amide bonds. The third kappa shape index (κ3) is 2.79. The van der Waals surface area contributed by atoms with Crippen LogP contribution in [0, 0.1) is 0 Å². The quantitative estimate of drug-likeness (QED) is 0.811. The van der Waals surface area contributed by atoms with Crippen molar-refractivity contribution in [2.75, 3.05) is 5.32 Å². The van der Waals surface area contributed by atoms with Gasteiger partial charge in [0.2, 0.25) is 11.8 Å². The molecule has 0 unspecified atom stereocenters. The zero-order valence-electron chi connectivity index (χ0n) is 9.93. The molecule has 92 valence electrons. The highest BCUT2D eigenvalue weighted by atomic mass is 16.5. The summed E-state index contributed by atoms with van der Waals surface area (Å²) < 4.78 is 4.87. The first-order valence-electron chi connectivity index (χ1n) is 5.28. The molecule has 0 aliphatic heterocycles. The summed E-state index contributed by atoms with van der Waals surface area (Å²) >= 11 is 0. The molecule has 0 radical (unpaired) electrons. The Hall–Kier alpha value is -2.50. The molecule has 6 heteroatoms. The average molecular weight is 245 g/mol. The average Bonchev–Trinajstić information content (AvgIpc) is 2.26. The lowest BCUT2D eigenvalue weighted by Crippen LogP contribution is -2.08. The predicted octanol–water partition coefficient (Wildman–Crippen LogP) is 1.51. The largest absolute Gasteiger partial charge is 0.408 e. The molecular weight excluding hydrogens is 234 g/mol. The SMILES string of the molecule is CC(=O)Nc1ccc2ccc(OC(C)=O)nc2n1. The Morgan fingerprint density at radius 2 is 1.83 bits per heavy atom. The molecule has 0 aliphatic rings. The first kappa shape index (κ1) is 12.0. The van der Waals surface area contributed by atoms with Crippen LogP contribution in [0.4, 0.5) is 5.82 Å². The zero-order valence-corrected chi connectivity index (χ0v) is 9.93. The molecule has 0 saturated carbocycles. The van der Waals surface area contributed by atoms with Gasteiger partial charge < -0.3 is 10.1 Å². The van der Waals surface area contributed by atoms with Gasteiger partial charge in [-0.15, -0.1) is 0 Å². The summed E-state index contributed by atoms with van der Waals surface area (Å²) in [6.07, 6.45) is 0. The number of amides is 1. The number of fused-ring (bicyclic) bond motifs is 1. The molecule has 2 heterocycles. The van der Waals surface area contributed by atoms with Gasteiger partial charge in [0.15, 0.2) is 5.65 Å². The van der Waals surface area contributed by atoms with Gasteiger partial charge in [0.1, 0.15) is 5.82 Å². The van der Waals surface area contributed by atoms with E-state index in [1.807, 2.05) is 0 Å². The van der Waals surface area contributed by atoms with E-state index >= 15 is 0 Å². The normalized spacial score (nSPS) is 10.1. The second-order valence-corrected chi connectivity index (χ2v) is 3.67. The van der Waals surface area contributed by atoms with Gasteiger partial charge in [-0.3, -0.25) is 9.59 Å². The maximum absolute atomic E-state index is 10.9. The van der Waals surface area contributed by atoms with Crippen molar-refractivity contribution in [2.45, 2.75) is 13.8 Å². The molecule has 2 aromatic heterocycles. The maximum Gasteiger partial charge on any atom is 0.309 e. The van der Waals surface area contributed by atoms with E-state index in [-0.39, 0.29) is 11.8 Å². The van der Waals surface area contributed by atoms with Gasteiger partial charge in [-0.2, -0.15) is 4.98 Å². The molecule has 0 atom stereocenters. The minimum absolute atomic E-state index is 0.183. The molecule has 0 aliphatic carbocycles. The van der Waals surface area contributed by atoms with E-state index in [1.165, 1.54) is 13.8 Å². The lowest BCUT2D eigenvalue weighted by Gasteiger charge is -2.04. The number of carbonyl (C=O) groups excluding carboxylic acids is 2. The summed E-state index contributed by atoms with van der Waals surface area (Å²) in [6.45, 7) is 2.70. The first-order chi connectivity index (χ1) is 8.54. The molecule has 0 aromatic carbocycles. The fourth-order valence-electron chi connectivity index (χ4n) is 1.44. The monoisotopic (exact) mass is 245 g/mol. The Morgan fingerprint density at radius 3 is 2.50 bits per heavy atom. The van der Waals surface area contributed by atoms with E-state index in [2.05, 4.69) is 15.3 Å². The summed E-state index contributed by atoms with van der Waals surface area (Å²) in [5.74, 6) is -0.0668. The number of pyridine rings is 2. The van der Waals surface area contributed by atoms with Crippen LogP contribution in [-0.2, 0) is 9.59 Å². The molecule has 0 bridgehead atoms. The topological polar surface area (TPSA) is 81.2 Å². The highest BCUT2D eigenvalue weighted by molar-refractivity contribution is 5.89. The number of rotatable bonds is 2. The number of aromatic nitrogens is 2. The first-order valence-corrected chi connectivity index (χ1v) is 5.28. The van der Waals surface area contributed by atoms with Crippen molar-refractivity contribution in [1.29, 1.82) is 0 Å².